The van der Waals surface area contributed by atoms with Crippen LogP contribution < -0.4 is 5.69 Å². The van der Waals surface area contributed by atoms with Gasteiger partial charge in [0.1, 0.15) is 0 Å². The van der Waals surface area contributed by atoms with Gasteiger partial charge in [0, 0.05) is 42.4 Å². The summed E-state index contributed by atoms with van der Waals surface area (Å²) in [5.74, 6) is -0.924. The summed E-state index contributed by atoms with van der Waals surface area (Å²) < 4.78 is 3.47. The number of imidazole rings is 1. The number of carboxylic acids is 1. The highest BCUT2D eigenvalue weighted by atomic mass is 16.4. The molecule has 0 unspecified atom stereocenters. The minimum Gasteiger partial charge on any atom is -0.481 e. The monoisotopic (exact) mass is 290 g/mol. The van der Waals surface area contributed by atoms with Crippen molar-refractivity contribution in [3.63, 3.8) is 0 Å². The largest absolute Gasteiger partial charge is 0.481 e. The Kier molecular flexibility index (Phi) is 4.52. The standard InChI is InChI=1S/C14H18N4O3/c1-10-12(8-13(19)20)11(2)18(14(21)16-10)6-3-5-17-7-4-15-9-17/h4,7,9H,3,5-6,8H2,1-2H3,(H,19,20). The lowest BCUT2D eigenvalue weighted by Gasteiger charge is -2.14. The molecule has 7 nitrogen and oxygen atoms in total. The summed E-state index contributed by atoms with van der Waals surface area (Å²) >= 11 is 0. The molecule has 112 valence electrons. The van der Waals surface area contributed by atoms with Gasteiger partial charge < -0.3 is 9.67 Å². The fourth-order valence-electron chi connectivity index (χ4n) is 2.34. The van der Waals surface area contributed by atoms with E-state index in [1.54, 1.807) is 30.9 Å². The van der Waals surface area contributed by atoms with Gasteiger partial charge in [0.15, 0.2) is 0 Å². The molecule has 0 saturated carbocycles. The Morgan fingerprint density at radius 3 is 2.71 bits per heavy atom. The summed E-state index contributed by atoms with van der Waals surface area (Å²) in [6.07, 6.45) is 5.91. The molecule has 7 heteroatoms. The van der Waals surface area contributed by atoms with E-state index in [1.807, 2.05) is 10.8 Å². The molecule has 2 aromatic rings. The predicted molar refractivity (Wildman–Crippen MR) is 76.2 cm³/mol. The number of aromatic nitrogens is 4. The van der Waals surface area contributed by atoms with Gasteiger partial charge in [-0.1, -0.05) is 0 Å². The lowest BCUT2D eigenvalue weighted by molar-refractivity contribution is -0.136. The Morgan fingerprint density at radius 1 is 1.33 bits per heavy atom. The number of hydrogen-bond donors (Lipinski definition) is 1. The first kappa shape index (κ1) is 15.0. The van der Waals surface area contributed by atoms with E-state index < -0.39 is 5.97 Å². The Labute approximate surface area is 121 Å². The van der Waals surface area contributed by atoms with Gasteiger partial charge in [-0.05, 0) is 20.3 Å². The van der Waals surface area contributed by atoms with Crippen LogP contribution in [0.5, 0.6) is 0 Å². The number of rotatable bonds is 6. The Balaban J connectivity index is 2.18. The van der Waals surface area contributed by atoms with Crippen LogP contribution in [0.2, 0.25) is 0 Å². The number of carbonyl (C=O) groups is 1. The second-order valence-electron chi connectivity index (χ2n) is 4.92. The first-order valence-corrected chi connectivity index (χ1v) is 6.73. The summed E-state index contributed by atoms with van der Waals surface area (Å²) in [6.45, 7) is 4.69. The molecule has 0 aliphatic rings. The molecule has 0 spiro atoms. The van der Waals surface area contributed by atoms with Gasteiger partial charge >= 0.3 is 11.7 Å². The van der Waals surface area contributed by atoms with E-state index in [0.717, 1.165) is 13.0 Å². The van der Waals surface area contributed by atoms with Gasteiger partial charge in [0.05, 0.1) is 12.7 Å². The van der Waals surface area contributed by atoms with Crippen LogP contribution in [0.15, 0.2) is 23.5 Å². The third kappa shape index (κ3) is 3.56. The Hall–Kier alpha value is -2.44. The van der Waals surface area contributed by atoms with Crippen molar-refractivity contribution in [1.82, 2.24) is 19.1 Å². The maximum absolute atomic E-state index is 12.0. The van der Waals surface area contributed by atoms with E-state index >= 15 is 0 Å². The predicted octanol–water partition coefficient (Wildman–Crippen LogP) is 0.774. The quantitative estimate of drug-likeness (QED) is 0.848. The average Bonchev–Trinajstić information content (AvgIpc) is 2.91. The van der Waals surface area contributed by atoms with Crippen molar-refractivity contribution < 1.29 is 9.90 Å². The molecule has 0 bridgehead atoms. The molecule has 0 radical (unpaired) electrons. The lowest BCUT2D eigenvalue weighted by Crippen LogP contribution is -2.29. The molecule has 0 saturated heterocycles. The van der Waals surface area contributed by atoms with Crippen LogP contribution >= 0.6 is 0 Å². The van der Waals surface area contributed by atoms with Crippen LogP contribution in [0, 0.1) is 13.8 Å². The first-order valence-electron chi connectivity index (χ1n) is 6.73. The van der Waals surface area contributed by atoms with E-state index in [2.05, 4.69) is 9.97 Å². The normalized spacial score (nSPS) is 10.8. The minimum absolute atomic E-state index is 0.119. The third-order valence-electron chi connectivity index (χ3n) is 3.46. The Morgan fingerprint density at radius 2 is 2.10 bits per heavy atom. The molecule has 21 heavy (non-hydrogen) atoms. The zero-order valence-corrected chi connectivity index (χ0v) is 12.1. The van der Waals surface area contributed by atoms with Crippen LogP contribution in [0.25, 0.3) is 0 Å². The van der Waals surface area contributed by atoms with Crippen LogP contribution in [0.1, 0.15) is 23.4 Å². The molecule has 2 aromatic heterocycles. The SMILES string of the molecule is Cc1nc(=O)n(CCCn2ccnc2)c(C)c1CC(=O)O. The number of nitrogens with zero attached hydrogens (tertiary/aromatic N) is 4. The first-order chi connectivity index (χ1) is 9.99. The highest BCUT2D eigenvalue weighted by molar-refractivity contribution is 5.70. The number of aliphatic carboxylic acids is 1. The summed E-state index contributed by atoms with van der Waals surface area (Å²) in [4.78, 5) is 30.8. The van der Waals surface area contributed by atoms with E-state index in [-0.39, 0.29) is 12.1 Å². The van der Waals surface area contributed by atoms with E-state index in [1.165, 1.54) is 0 Å². The molecule has 0 amide bonds. The summed E-state index contributed by atoms with van der Waals surface area (Å²) in [7, 11) is 0. The molecule has 2 heterocycles. The molecule has 1 N–H and O–H groups in total. The van der Waals surface area contributed by atoms with Crippen LogP contribution in [0.3, 0.4) is 0 Å². The summed E-state index contributed by atoms with van der Waals surface area (Å²) in [5, 5.41) is 8.95. The number of carboxylic acid groups (broad SMARTS) is 1. The zero-order chi connectivity index (χ0) is 15.4. The lowest BCUT2D eigenvalue weighted by atomic mass is 10.1. The van der Waals surface area contributed by atoms with Crippen molar-refractivity contribution >= 4 is 5.97 Å². The van der Waals surface area contributed by atoms with Gasteiger partial charge in [-0.2, -0.15) is 4.98 Å². The zero-order valence-electron chi connectivity index (χ0n) is 12.1. The molecule has 0 aliphatic carbocycles. The van der Waals surface area contributed by atoms with Gasteiger partial charge in [0.2, 0.25) is 0 Å². The minimum atomic E-state index is -0.924. The molecular weight excluding hydrogens is 272 g/mol. The summed E-state index contributed by atoms with van der Waals surface area (Å²) in [6, 6.07) is 0. The van der Waals surface area contributed by atoms with E-state index in [4.69, 9.17) is 5.11 Å². The van der Waals surface area contributed by atoms with Gasteiger partial charge in [-0.25, -0.2) is 9.78 Å². The third-order valence-corrected chi connectivity index (χ3v) is 3.46. The number of aryl methyl sites for hydroxylation is 2. The van der Waals surface area contributed by atoms with Crippen LogP contribution in [0.4, 0.5) is 0 Å². The van der Waals surface area contributed by atoms with Crippen molar-refractivity contribution in [2.24, 2.45) is 0 Å². The topological polar surface area (TPSA) is 90.0 Å². The van der Waals surface area contributed by atoms with Crippen molar-refractivity contribution in [3.05, 3.63) is 46.2 Å². The van der Waals surface area contributed by atoms with Crippen molar-refractivity contribution in [3.8, 4) is 0 Å². The van der Waals surface area contributed by atoms with Gasteiger partial charge in [0.25, 0.3) is 0 Å². The summed E-state index contributed by atoms with van der Waals surface area (Å²) in [5.41, 5.74) is 1.46. The molecule has 0 aromatic carbocycles. The smallest absolute Gasteiger partial charge is 0.347 e. The molecule has 0 aliphatic heterocycles. The van der Waals surface area contributed by atoms with Crippen molar-refractivity contribution in [2.75, 3.05) is 0 Å². The fraction of sp³-hybridized carbons (Fsp3) is 0.429. The van der Waals surface area contributed by atoms with Gasteiger partial charge in [-0.3, -0.25) is 9.36 Å². The van der Waals surface area contributed by atoms with Crippen LogP contribution in [-0.2, 0) is 24.3 Å². The molecule has 0 atom stereocenters. The van der Waals surface area contributed by atoms with Crippen molar-refractivity contribution in [2.45, 2.75) is 39.8 Å². The fourth-order valence-corrected chi connectivity index (χ4v) is 2.34. The van der Waals surface area contributed by atoms with E-state index in [9.17, 15) is 9.59 Å². The van der Waals surface area contributed by atoms with Crippen molar-refractivity contribution in [1.29, 1.82) is 0 Å². The molecule has 0 fully saturated rings. The molecule has 2 rings (SSSR count). The second-order valence-corrected chi connectivity index (χ2v) is 4.92. The Bertz CT molecular complexity index is 689. The van der Waals surface area contributed by atoms with Gasteiger partial charge in [-0.15, -0.1) is 0 Å². The molecular formula is C14H18N4O3. The maximum Gasteiger partial charge on any atom is 0.347 e. The average molecular weight is 290 g/mol. The highest BCUT2D eigenvalue weighted by Gasteiger charge is 2.13. The second kappa shape index (κ2) is 6.34. The number of hydrogen-bond acceptors (Lipinski definition) is 4. The maximum atomic E-state index is 12.0. The van der Waals surface area contributed by atoms with E-state index in [0.29, 0.717) is 23.5 Å². The van der Waals surface area contributed by atoms with Crippen LogP contribution in [-0.4, -0.2) is 30.2 Å². The highest BCUT2D eigenvalue weighted by Crippen LogP contribution is 2.11.